The first-order valence-corrected chi connectivity index (χ1v) is 10.00. The summed E-state index contributed by atoms with van der Waals surface area (Å²) in [6.45, 7) is 6.27. The largest absolute Gasteiger partial charge is 0.475 e. The van der Waals surface area contributed by atoms with Crippen molar-refractivity contribution in [1.82, 2.24) is 0 Å². The molecular weight excluding hydrogens is 344 g/mol. The van der Waals surface area contributed by atoms with Crippen LogP contribution in [0.25, 0.3) is 0 Å². The van der Waals surface area contributed by atoms with Crippen molar-refractivity contribution in [3.63, 3.8) is 0 Å². The van der Waals surface area contributed by atoms with Crippen molar-refractivity contribution >= 4 is 17.5 Å². The molecule has 27 heavy (non-hydrogen) atoms. The van der Waals surface area contributed by atoms with E-state index in [1.165, 1.54) is 0 Å². The van der Waals surface area contributed by atoms with Crippen LogP contribution in [0.3, 0.4) is 0 Å². The second-order valence-corrected chi connectivity index (χ2v) is 9.63. The lowest BCUT2D eigenvalue weighted by molar-refractivity contribution is -0.158. The maximum absolute atomic E-state index is 12.3. The zero-order chi connectivity index (χ0) is 19.7. The van der Waals surface area contributed by atoms with Gasteiger partial charge in [-0.2, -0.15) is 0 Å². The van der Waals surface area contributed by atoms with Gasteiger partial charge in [-0.1, -0.05) is 32.4 Å². The number of rotatable bonds is 2. The standard InChI is InChI=1S/C22H28O5/c1-11-8-13-14-4-5-15(19(25)20(26)27)22(14,3)10-17(24)18(13)21(2)7-6-12(23)9-16(11)21/h6-7,9,11,13-15,17-18,24H,4-5,8,10H2,1-3H3,(H,26,27)/t11-,13-,14-,15+,17-,18+,21-,22-/m0/s1. The van der Waals surface area contributed by atoms with Gasteiger partial charge in [-0.25, -0.2) is 4.79 Å². The fourth-order valence-electron chi connectivity index (χ4n) is 7.33. The number of hydrogen-bond donors (Lipinski definition) is 2. The highest BCUT2D eigenvalue weighted by atomic mass is 16.4. The van der Waals surface area contributed by atoms with Crippen molar-refractivity contribution in [2.45, 2.75) is 52.6 Å². The Bertz CT molecular complexity index is 780. The number of carboxylic acids is 1. The Morgan fingerprint density at radius 1 is 1.22 bits per heavy atom. The van der Waals surface area contributed by atoms with Gasteiger partial charge in [0.15, 0.2) is 5.78 Å². The van der Waals surface area contributed by atoms with Crippen molar-refractivity contribution < 1.29 is 24.6 Å². The van der Waals surface area contributed by atoms with Crippen LogP contribution in [0.5, 0.6) is 0 Å². The second-order valence-electron chi connectivity index (χ2n) is 9.63. The molecule has 0 aromatic rings. The van der Waals surface area contributed by atoms with Gasteiger partial charge in [-0.3, -0.25) is 9.59 Å². The smallest absolute Gasteiger partial charge is 0.372 e. The molecule has 0 aromatic heterocycles. The van der Waals surface area contributed by atoms with Crippen molar-refractivity contribution in [1.29, 1.82) is 0 Å². The van der Waals surface area contributed by atoms with Gasteiger partial charge in [-0.15, -0.1) is 0 Å². The van der Waals surface area contributed by atoms with Crippen LogP contribution in [0.4, 0.5) is 0 Å². The highest BCUT2D eigenvalue weighted by molar-refractivity contribution is 6.33. The van der Waals surface area contributed by atoms with E-state index in [4.69, 9.17) is 0 Å². The third kappa shape index (κ3) is 2.43. The first-order valence-electron chi connectivity index (χ1n) is 10.00. The van der Waals surface area contributed by atoms with Crippen molar-refractivity contribution in [3.05, 3.63) is 23.8 Å². The van der Waals surface area contributed by atoms with Gasteiger partial charge in [0.2, 0.25) is 5.78 Å². The van der Waals surface area contributed by atoms with Crippen LogP contribution in [-0.2, 0) is 14.4 Å². The van der Waals surface area contributed by atoms with Gasteiger partial charge in [0, 0.05) is 17.3 Å². The van der Waals surface area contributed by atoms with Crippen molar-refractivity contribution in [3.8, 4) is 0 Å². The molecule has 3 fully saturated rings. The van der Waals surface area contributed by atoms with Gasteiger partial charge < -0.3 is 10.2 Å². The molecule has 0 spiro atoms. The van der Waals surface area contributed by atoms with E-state index in [1.54, 1.807) is 12.2 Å². The molecule has 4 aliphatic rings. The molecule has 0 radical (unpaired) electrons. The summed E-state index contributed by atoms with van der Waals surface area (Å²) < 4.78 is 0. The van der Waals surface area contributed by atoms with E-state index in [2.05, 4.69) is 13.8 Å². The lowest BCUT2D eigenvalue weighted by Crippen LogP contribution is -2.57. The Kier molecular flexibility index (Phi) is 4.05. The Balaban J connectivity index is 1.75. The fraction of sp³-hybridized carbons (Fsp3) is 0.682. The van der Waals surface area contributed by atoms with Gasteiger partial charge in [0.05, 0.1) is 6.10 Å². The van der Waals surface area contributed by atoms with Gasteiger partial charge in [0.1, 0.15) is 0 Å². The maximum atomic E-state index is 12.3. The molecule has 0 saturated heterocycles. The molecule has 8 atom stereocenters. The van der Waals surface area contributed by atoms with Crippen molar-refractivity contribution in [2.24, 2.45) is 40.4 Å². The SMILES string of the molecule is C[C@H]1C[C@@H]2[C@H]([C@@H](O)C[C@]3(C)[C@@H](C(=O)C(=O)O)CC[C@@H]23)[C@@]2(C)C=CC(=O)C=C12. The molecule has 5 nitrogen and oxygen atoms in total. The molecular formula is C22H28O5. The molecule has 0 heterocycles. The molecule has 146 valence electrons. The number of fused-ring (bicyclic) bond motifs is 5. The molecule has 4 aliphatic carbocycles. The minimum Gasteiger partial charge on any atom is -0.475 e. The molecule has 0 bridgehead atoms. The Labute approximate surface area is 159 Å². The van der Waals surface area contributed by atoms with Crippen LogP contribution in [0.2, 0.25) is 0 Å². The minimum atomic E-state index is -1.36. The lowest BCUT2D eigenvalue weighted by Gasteiger charge is -2.60. The van der Waals surface area contributed by atoms with Crippen LogP contribution < -0.4 is 0 Å². The molecule has 4 rings (SSSR count). The summed E-state index contributed by atoms with van der Waals surface area (Å²) in [7, 11) is 0. The molecule has 2 N–H and O–H groups in total. The van der Waals surface area contributed by atoms with Crippen LogP contribution >= 0.6 is 0 Å². The molecule has 5 heteroatoms. The van der Waals surface area contributed by atoms with Gasteiger partial charge in [0.25, 0.3) is 0 Å². The predicted molar refractivity (Wildman–Crippen MR) is 98.7 cm³/mol. The van der Waals surface area contributed by atoms with Crippen molar-refractivity contribution in [2.75, 3.05) is 0 Å². The zero-order valence-electron chi connectivity index (χ0n) is 16.1. The second kappa shape index (κ2) is 5.87. The number of ketones is 2. The molecule has 3 saturated carbocycles. The summed E-state index contributed by atoms with van der Waals surface area (Å²) >= 11 is 0. The number of carbonyl (C=O) groups is 3. The zero-order valence-corrected chi connectivity index (χ0v) is 16.1. The van der Waals surface area contributed by atoms with E-state index < -0.39 is 29.2 Å². The lowest BCUT2D eigenvalue weighted by atomic mass is 9.45. The van der Waals surface area contributed by atoms with E-state index in [0.29, 0.717) is 12.8 Å². The van der Waals surface area contributed by atoms with E-state index in [1.807, 2.05) is 13.0 Å². The van der Waals surface area contributed by atoms with E-state index in [0.717, 1.165) is 18.4 Å². The van der Waals surface area contributed by atoms with E-state index in [9.17, 15) is 24.6 Å². The Morgan fingerprint density at radius 3 is 2.59 bits per heavy atom. The third-order valence-electron chi connectivity index (χ3n) is 8.34. The average Bonchev–Trinajstić information content (AvgIpc) is 2.92. The van der Waals surface area contributed by atoms with Crippen LogP contribution in [0, 0.1) is 40.4 Å². The normalized spacial score (nSPS) is 48.3. The number of aliphatic hydroxyl groups excluding tert-OH is 1. The summed E-state index contributed by atoms with van der Waals surface area (Å²) in [5.41, 5.74) is 0.281. The summed E-state index contributed by atoms with van der Waals surface area (Å²) in [5.74, 6) is -1.89. The molecule has 0 aromatic carbocycles. The van der Waals surface area contributed by atoms with Crippen LogP contribution in [0.15, 0.2) is 23.8 Å². The fourth-order valence-corrected chi connectivity index (χ4v) is 7.33. The number of hydrogen-bond acceptors (Lipinski definition) is 4. The number of allylic oxidation sites excluding steroid dienone is 4. The quantitative estimate of drug-likeness (QED) is 0.727. The highest BCUT2D eigenvalue weighted by Crippen LogP contribution is 2.66. The van der Waals surface area contributed by atoms with E-state index in [-0.39, 0.29) is 34.9 Å². The summed E-state index contributed by atoms with van der Waals surface area (Å²) in [6, 6.07) is 0. The molecule has 0 aliphatic heterocycles. The molecule has 0 unspecified atom stereocenters. The number of carboxylic acid groups (broad SMARTS) is 1. The average molecular weight is 372 g/mol. The monoisotopic (exact) mass is 372 g/mol. The Morgan fingerprint density at radius 2 is 1.93 bits per heavy atom. The third-order valence-corrected chi connectivity index (χ3v) is 8.34. The molecule has 0 amide bonds. The summed E-state index contributed by atoms with van der Waals surface area (Å²) in [5, 5.41) is 20.5. The highest BCUT2D eigenvalue weighted by Gasteiger charge is 2.63. The Hall–Kier alpha value is -1.75. The number of aliphatic carboxylic acids is 1. The summed E-state index contributed by atoms with van der Waals surface area (Å²) in [6.07, 6.45) is 7.45. The van der Waals surface area contributed by atoms with Crippen LogP contribution in [0.1, 0.15) is 46.5 Å². The number of carbonyl (C=O) groups excluding carboxylic acids is 2. The van der Waals surface area contributed by atoms with Crippen LogP contribution in [-0.4, -0.2) is 33.9 Å². The van der Waals surface area contributed by atoms with Gasteiger partial charge in [-0.05, 0) is 61.0 Å². The number of Topliss-reactive ketones (excluding diaryl/α,β-unsaturated/α-hetero) is 1. The van der Waals surface area contributed by atoms with Gasteiger partial charge >= 0.3 is 5.97 Å². The topological polar surface area (TPSA) is 91.7 Å². The summed E-state index contributed by atoms with van der Waals surface area (Å²) in [4.78, 5) is 35.6. The first-order chi connectivity index (χ1) is 12.6. The predicted octanol–water partition coefficient (Wildman–Crippen LogP) is 2.78. The minimum absolute atomic E-state index is 0.000977. The maximum Gasteiger partial charge on any atom is 0.372 e. The number of aliphatic hydroxyl groups is 1. The first kappa shape index (κ1) is 18.6. The van der Waals surface area contributed by atoms with E-state index >= 15 is 0 Å².